The number of amides is 1. The van der Waals surface area contributed by atoms with Crippen molar-refractivity contribution in [3.63, 3.8) is 0 Å². The summed E-state index contributed by atoms with van der Waals surface area (Å²) in [4.78, 5) is 46.6. The van der Waals surface area contributed by atoms with E-state index >= 15 is 0 Å². The molecule has 2 aromatic rings. The van der Waals surface area contributed by atoms with Gasteiger partial charge in [0.2, 0.25) is 5.91 Å². The van der Waals surface area contributed by atoms with Crippen LogP contribution in [0.3, 0.4) is 0 Å². The van der Waals surface area contributed by atoms with Crippen LogP contribution >= 0.6 is 11.3 Å². The number of nitrogens with one attached hydrogen (secondary N) is 1. The summed E-state index contributed by atoms with van der Waals surface area (Å²) in [5, 5.41) is 4.21. The first kappa shape index (κ1) is 33.5. The molecule has 8 heteroatoms. The van der Waals surface area contributed by atoms with Crippen LogP contribution in [0.25, 0.3) is 10.2 Å². The smallest absolute Gasteiger partial charge is 0.224 e. The number of benzene rings is 1. The van der Waals surface area contributed by atoms with E-state index in [-0.39, 0.29) is 29.9 Å². The Morgan fingerprint density at radius 2 is 1.88 bits per heavy atom. The standard InChI is InChI=1S/C35H51N3O4S/c1-5-30(39)20-28(22-34-37-31-13-11-27(24(2)3)21-33(31)43-34)35(41)36-29(19-26-9-7-6-8-10-26)12-14-32(40)25(4)23-38-15-17-42-18-16-38/h11,13,21,24,26,28-29H,4-10,12,14-20,22-23H2,1-3H3,(H,36,41)/t28-,29+/m0/s1. The molecule has 43 heavy (non-hydrogen) atoms. The summed E-state index contributed by atoms with van der Waals surface area (Å²) in [6.07, 6.45) is 8.98. The molecule has 2 atom stereocenters. The Labute approximate surface area is 261 Å². The highest BCUT2D eigenvalue weighted by Gasteiger charge is 2.28. The molecule has 1 aromatic carbocycles. The number of aromatic nitrogens is 1. The minimum Gasteiger partial charge on any atom is -0.379 e. The summed E-state index contributed by atoms with van der Waals surface area (Å²) in [5.74, 6) is 0.577. The maximum atomic E-state index is 13.8. The molecule has 0 unspecified atom stereocenters. The van der Waals surface area contributed by atoms with E-state index < -0.39 is 5.92 Å². The minimum absolute atomic E-state index is 0.0716. The van der Waals surface area contributed by atoms with E-state index in [9.17, 15) is 14.4 Å². The molecule has 1 amide bonds. The maximum absolute atomic E-state index is 13.8. The highest BCUT2D eigenvalue weighted by Crippen LogP contribution is 2.30. The van der Waals surface area contributed by atoms with Gasteiger partial charge in [-0.25, -0.2) is 4.98 Å². The molecule has 2 fully saturated rings. The van der Waals surface area contributed by atoms with Crippen LogP contribution in [-0.2, 0) is 25.5 Å². The molecule has 7 nitrogen and oxygen atoms in total. The van der Waals surface area contributed by atoms with Crippen LogP contribution in [0.2, 0.25) is 0 Å². The second-order valence-electron chi connectivity index (χ2n) is 12.9. The third kappa shape index (κ3) is 10.3. The van der Waals surface area contributed by atoms with Crippen molar-refractivity contribution in [2.75, 3.05) is 32.8 Å². The van der Waals surface area contributed by atoms with Gasteiger partial charge in [-0.15, -0.1) is 11.3 Å². The lowest BCUT2D eigenvalue weighted by molar-refractivity contribution is -0.130. The van der Waals surface area contributed by atoms with Gasteiger partial charge in [0, 0.05) is 56.9 Å². The van der Waals surface area contributed by atoms with Gasteiger partial charge < -0.3 is 10.1 Å². The fourth-order valence-corrected chi connectivity index (χ4v) is 7.41. The first-order valence-corrected chi connectivity index (χ1v) is 17.3. The number of morpholine rings is 1. The van der Waals surface area contributed by atoms with E-state index in [2.05, 4.69) is 48.8 Å². The number of ketones is 2. The predicted octanol–water partition coefficient (Wildman–Crippen LogP) is 6.64. The minimum atomic E-state index is -0.474. The quantitative estimate of drug-likeness (QED) is 0.215. The van der Waals surface area contributed by atoms with Gasteiger partial charge in [0.05, 0.1) is 34.4 Å². The largest absolute Gasteiger partial charge is 0.379 e. The zero-order chi connectivity index (χ0) is 30.8. The number of fused-ring (bicyclic) bond motifs is 1. The molecule has 0 radical (unpaired) electrons. The van der Waals surface area contributed by atoms with Crippen molar-refractivity contribution in [2.45, 2.75) is 103 Å². The van der Waals surface area contributed by atoms with Gasteiger partial charge in [-0.1, -0.05) is 65.5 Å². The van der Waals surface area contributed by atoms with Gasteiger partial charge in [-0.2, -0.15) is 0 Å². The number of Topliss-reactive ketones (excluding diaryl/α,β-unsaturated/α-hetero) is 2. The van der Waals surface area contributed by atoms with Crippen molar-refractivity contribution in [3.8, 4) is 0 Å². The Bertz CT molecular complexity index is 1240. The van der Waals surface area contributed by atoms with Crippen molar-refractivity contribution in [3.05, 3.63) is 40.9 Å². The van der Waals surface area contributed by atoms with Gasteiger partial charge in [0.15, 0.2) is 5.78 Å². The van der Waals surface area contributed by atoms with Gasteiger partial charge in [0.1, 0.15) is 5.78 Å². The van der Waals surface area contributed by atoms with Crippen LogP contribution in [0.1, 0.15) is 101 Å². The average Bonchev–Trinajstić information content (AvgIpc) is 3.41. The van der Waals surface area contributed by atoms with Crippen LogP contribution in [0.15, 0.2) is 30.4 Å². The average molecular weight is 610 g/mol. The summed E-state index contributed by atoms with van der Waals surface area (Å²) < 4.78 is 6.54. The molecule has 1 aliphatic heterocycles. The molecular formula is C35H51N3O4S. The van der Waals surface area contributed by atoms with Crippen molar-refractivity contribution >= 4 is 39.0 Å². The molecule has 1 saturated heterocycles. The van der Waals surface area contributed by atoms with Gasteiger partial charge in [0.25, 0.3) is 0 Å². The molecule has 1 N–H and O–H groups in total. The van der Waals surface area contributed by atoms with Gasteiger partial charge >= 0.3 is 0 Å². The molecule has 1 aliphatic carbocycles. The second-order valence-corrected chi connectivity index (χ2v) is 14.0. The zero-order valence-corrected chi connectivity index (χ0v) is 27.3. The third-order valence-corrected chi connectivity index (χ3v) is 10.1. The van der Waals surface area contributed by atoms with Gasteiger partial charge in [-0.3, -0.25) is 19.3 Å². The fourth-order valence-electron chi connectivity index (χ4n) is 6.32. The number of hydrogen-bond donors (Lipinski definition) is 1. The van der Waals surface area contributed by atoms with E-state index in [4.69, 9.17) is 9.72 Å². The Morgan fingerprint density at radius 3 is 2.58 bits per heavy atom. The van der Waals surface area contributed by atoms with E-state index in [0.717, 1.165) is 34.7 Å². The van der Waals surface area contributed by atoms with Gasteiger partial charge in [-0.05, 0) is 42.4 Å². The van der Waals surface area contributed by atoms with Crippen LogP contribution in [-0.4, -0.2) is 66.2 Å². The summed E-state index contributed by atoms with van der Waals surface area (Å²) >= 11 is 1.62. The molecule has 0 bridgehead atoms. The van der Waals surface area contributed by atoms with Crippen LogP contribution in [0.5, 0.6) is 0 Å². The number of rotatable bonds is 16. The lowest BCUT2D eigenvalue weighted by atomic mass is 9.83. The van der Waals surface area contributed by atoms with Crippen molar-refractivity contribution in [2.24, 2.45) is 11.8 Å². The fraction of sp³-hybridized carbons (Fsp3) is 0.657. The molecule has 1 aromatic heterocycles. The monoisotopic (exact) mass is 609 g/mol. The number of carbonyl (C=O) groups is 3. The Kier molecular flexibility index (Phi) is 12.9. The summed E-state index contributed by atoms with van der Waals surface area (Å²) in [6.45, 7) is 13.9. The topological polar surface area (TPSA) is 88.6 Å². The van der Waals surface area contributed by atoms with Crippen LogP contribution < -0.4 is 5.32 Å². The van der Waals surface area contributed by atoms with Crippen molar-refractivity contribution in [1.29, 1.82) is 0 Å². The number of ether oxygens (including phenoxy) is 1. The number of nitrogens with zero attached hydrogens (tertiary/aromatic N) is 2. The molecule has 2 heterocycles. The SMILES string of the molecule is C=C(CN1CCOCC1)C(=O)CC[C@H](CC1CCCCC1)NC(=O)[C@@H](CC(=O)CC)Cc1nc2ccc(C(C)C)cc2s1. The first-order valence-electron chi connectivity index (χ1n) is 16.4. The second kappa shape index (κ2) is 16.6. The molecule has 4 rings (SSSR count). The van der Waals surface area contributed by atoms with E-state index in [1.165, 1.54) is 37.7 Å². The molecular weight excluding hydrogens is 558 g/mol. The van der Waals surface area contributed by atoms with E-state index in [0.29, 0.717) is 62.9 Å². The molecule has 0 spiro atoms. The summed E-state index contributed by atoms with van der Waals surface area (Å²) in [5.41, 5.74) is 2.84. The first-order chi connectivity index (χ1) is 20.7. The third-order valence-electron chi connectivity index (χ3n) is 9.11. The van der Waals surface area contributed by atoms with E-state index in [1.807, 2.05) is 6.92 Å². The predicted molar refractivity (Wildman–Crippen MR) is 175 cm³/mol. The highest BCUT2D eigenvalue weighted by atomic mass is 32.1. The Hall–Kier alpha value is -2.42. The number of thiazole rings is 1. The molecule has 2 aliphatic rings. The summed E-state index contributed by atoms with van der Waals surface area (Å²) in [7, 11) is 0. The number of hydrogen-bond acceptors (Lipinski definition) is 7. The Morgan fingerprint density at radius 1 is 1.14 bits per heavy atom. The Balaban J connectivity index is 1.43. The lowest BCUT2D eigenvalue weighted by Gasteiger charge is -2.29. The molecule has 1 saturated carbocycles. The van der Waals surface area contributed by atoms with E-state index in [1.54, 1.807) is 11.3 Å². The highest BCUT2D eigenvalue weighted by molar-refractivity contribution is 7.18. The number of carbonyl (C=O) groups excluding carboxylic acids is 3. The normalized spacial score (nSPS) is 18.0. The molecule has 236 valence electrons. The van der Waals surface area contributed by atoms with Crippen LogP contribution in [0.4, 0.5) is 0 Å². The van der Waals surface area contributed by atoms with Crippen molar-refractivity contribution in [1.82, 2.24) is 15.2 Å². The van der Waals surface area contributed by atoms with Crippen molar-refractivity contribution < 1.29 is 19.1 Å². The lowest BCUT2D eigenvalue weighted by Crippen LogP contribution is -2.42. The summed E-state index contributed by atoms with van der Waals surface area (Å²) in [6, 6.07) is 6.27. The van der Waals surface area contributed by atoms with Crippen LogP contribution in [0, 0.1) is 11.8 Å². The zero-order valence-electron chi connectivity index (χ0n) is 26.5. The maximum Gasteiger partial charge on any atom is 0.224 e.